The summed E-state index contributed by atoms with van der Waals surface area (Å²) < 4.78 is 33.7. The van der Waals surface area contributed by atoms with Gasteiger partial charge < -0.3 is 5.73 Å². The van der Waals surface area contributed by atoms with Crippen molar-refractivity contribution in [3.05, 3.63) is 27.3 Å². The SMILES string of the molecule is Nc1c(Cl)cc([N+](=O)[O-])cc1S(=O)(=O)F. The van der Waals surface area contributed by atoms with Crippen molar-refractivity contribution in [3.8, 4) is 0 Å². The Morgan fingerprint density at radius 2 is 2.00 bits per heavy atom. The van der Waals surface area contributed by atoms with E-state index in [4.69, 9.17) is 17.3 Å². The summed E-state index contributed by atoms with van der Waals surface area (Å²) in [6, 6.07) is 1.35. The average molecular weight is 255 g/mol. The highest BCUT2D eigenvalue weighted by Gasteiger charge is 2.22. The molecular weight excluding hydrogens is 251 g/mol. The summed E-state index contributed by atoms with van der Waals surface area (Å²) >= 11 is 5.41. The van der Waals surface area contributed by atoms with Crippen molar-refractivity contribution >= 4 is 33.2 Å². The minimum Gasteiger partial charge on any atom is -0.396 e. The molecule has 0 atom stereocenters. The lowest BCUT2D eigenvalue weighted by atomic mass is 10.3. The van der Waals surface area contributed by atoms with Crippen LogP contribution in [-0.4, -0.2) is 13.3 Å². The van der Waals surface area contributed by atoms with Crippen LogP contribution in [0.4, 0.5) is 15.3 Å². The molecule has 15 heavy (non-hydrogen) atoms. The molecule has 1 aromatic carbocycles. The second kappa shape index (κ2) is 3.63. The first-order valence-corrected chi connectivity index (χ1v) is 5.17. The summed E-state index contributed by atoms with van der Waals surface area (Å²) in [4.78, 5) is 8.43. The van der Waals surface area contributed by atoms with Crippen molar-refractivity contribution < 1.29 is 17.2 Å². The Hall–Kier alpha value is -1.41. The zero-order valence-corrected chi connectivity index (χ0v) is 8.55. The fourth-order valence-corrected chi connectivity index (χ4v) is 1.79. The molecule has 0 bridgehead atoms. The maximum Gasteiger partial charge on any atom is 0.334 e. The highest BCUT2D eigenvalue weighted by atomic mass is 35.5. The molecule has 1 aromatic rings. The van der Waals surface area contributed by atoms with E-state index in [9.17, 15) is 22.4 Å². The normalized spacial score (nSPS) is 11.3. The molecule has 9 heteroatoms. The molecule has 0 saturated carbocycles. The molecule has 0 aliphatic heterocycles. The van der Waals surface area contributed by atoms with Crippen LogP contribution in [-0.2, 0) is 10.2 Å². The summed E-state index contributed by atoms with van der Waals surface area (Å²) in [5, 5.41) is 9.94. The van der Waals surface area contributed by atoms with Gasteiger partial charge >= 0.3 is 10.2 Å². The predicted octanol–water partition coefficient (Wildman–Crippen LogP) is 1.49. The van der Waals surface area contributed by atoms with E-state index in [2.05, 4.69) is 0 Å². The van der Waals surface area contributed by atoms with E-state index in [1.807, 2.05) is 0 Å². The number of hydrogen-bond donors (Lipinski definition) is 1. The van der Waals surface area contributed by atoms with Gasteiger partial charge in [-0.25, -0.2) is 0 Å². The average Bonchev–Trinajstić information content (AvgIpc) is 2.06. The van der Waals surface area contributed by atoms with Crippen molar-refractivity contribution in [3.63, 3.8) is 0 Å². The Morgan fingerprint density at radius 3 is 2.40 bits per heavy atom. The molecule has 0 saturated heterocycles. The predicted molar refractivity (Wildman–Crippen MR) is 50.8 cm³/mol. The molecular formula is C6H4ClFN2O4S. The fraction of sp³-hybridized carbons (Fsp3) is 0. The lowest BCUT2D eigenvalue weighted by Gasteiger charge is -2.02. The van der Waals surface area contributed by atoms with Crippen LogP contribution < -0.4 is 5.73 Å². The van der Waals surface area contributed by atoms with Gasteiger partial charge in [-0.2, -0.15) is 8.42 Å². The van der Waals surface area contributed by atoms with E-state index >= 15 is 0 Å². The number of nitrogens with two attached hydrogens (primary N) is 1. The number of anilines is 1. The summed E-state index contributed by atoms with van der Waals surface area (Å²) in [6.07, 6.45) is 0. The number of hydrogen-bond acceptors (Lipinski definition) is 5. The number of rotatable bonds is 2. The lowest BCUT2D eigenvalue weighted by molar-refractivity contribution is -0.385. The Labute approximate surface area is 88.8 Å². The van der Waals surface area contributed by atoms with Crippen LogP contribution in [0.5, 0.6) is 0 Å². The van der Waals surface area contributed by atoms with Gasteiger partial charge in [-0.3, -0.25) is 10.1 Å². The standard InChI is InChI=1S/C6H4ClFN2O4S/c7-4-1-3(10(11)12)2-5(6(4)9)15(8,13)14/h1-2H,9H2. The smallest absolute Gasteiger partial charge is 0.334 e. The largest absolute Gasteiger partial charge is 0.396 e. The van der Waals surface area contributed by atoms with Crippen molar-refractivity contribution in [2.24, 2.45) is 0 Å². The monoisotopic (exact) mass is 254 g/mol. The van der Waals surface area contributed by atoms with Gasteiger partial charge in [0, 0.05) is 12.1 Å². The van der Waals surface area contributed by atoms with E-state index < -0.39 is 31.4 Å². The van der Waals surface area contributed by atoms with E-state index in [0.717, 1.165) is 6.07 Å². The number of halogens is 2. The molecule has 0 radical (unpaired) electrons. The van der Waals surface area contributed by atoms with Crippen LogP contribution in [0.3, 0.4) is 0 Å². The van der Waals surface area contributed by atoms with Gasteiger partial charge in [-0.15, -0.1) is 3.89 Å². The molecule has 6 nitrogen and oxygen atoms in total. The zero-order chi connectivity index (χ0) is 11.8. The van der Waals surface area contributed by atoms with Crippen LogP contribution in [0.15, 0.2) is 17.0 Å². The van der Waals surface area contributed by atoms with Crippen molar-refractivity contribution in [1.82, 2.24) is 0 Å². The number of nitro benzene ring substituents is 1. The molecule has 0 spiro atoms. The van der Waals surface area contributed by atoms with Crippen molar-refractivity contribution in [2.75, 3.05) is 5.73 Å². The van der Waals surface area contributed by atoms with Crippen molar-refractivity contribution in [1.29, 1.82) is 0 Å². The van der Waals surface area contributed by atoms with Gasteiger partial charge in [0.25, 0.3) is 5.69 Å². The highest BCUT2D eigenvalue weighted by Crippen LogP contribution is 2.32. The van der Waals surface area contributed by atoms with Gasteiger partial charge in [0.15, 0.2) is 0 Å². The molecule has 0 aliphatic rings. The molecule has 0 heterocycles. The van der Waals surface area contributed by atoms with Gasteiger partial charge in [0.05, 0.1) is 15.6 Å². The summed E-state index contributed by atoms with van der Waals surface area (Å²) in [5.41, 5.74) is 3.97. The van der Waals surface area contributed by atoms with E-state index in [-0.39, 0.29) is 5.02 Å². The Morgan fingerprint density at radius 1 is 1.47 bits per heavy atom. The Kier molecular flexibility index (Phi) is 2.82. The topological polar surface area (TPSA) is 103 Å². The molecule has 1 rings (SSSR count). The molecule has 0 aromatic heterocycles. The quantitative estimate of drug-likeness (QED) is 0.373. The van der Waals surface area contributed by atoms with E-state index in [1.165, 1.54) is 0 Å². The Balaban J connectivity index is 3.59. The van der Waals surface area contributed by atoms with Gasteiger partial charge in [0.2, 0.25) is 0 Å². The van der Waals surface area contributed by atoms with Crippen molar-refractivity contribution in [2.45, 2.75) is 4.90 Å². The van der Waals surface area contributed by atoms with Crippen LogP contribution in [0.2, 0.25) is 5.02 Å². The first kappa shape index (κ1) is 11.7. The molecule has 0 unspecified atom stereocenters. The number of nitrogen functional groups attached to an aromatic ring is 1. The maximum atomic E-state index is 12.6. The molecule has 82 valence electrons. The lowest BCUT2D eigenvalue weighted by Crippen LogP contribution is -2.01. The maximum absolute atomic E-state index is 12.6. The first-order chi connectivity index (χ1) is 6.73. The van der Waals surface area contributed by atoms with E-state index in [1.54, 1.807) is 0 Å². The van der Waals surface area contributed by atoms with Crippen LogP contribution in [0, 0.1) is 10.1 Å². The number of nitrogens with zero attached hydrogens (tertiary/aromatic N) is 1. The zero-order valence-electron chi connectivity index (χ0n) is 6.98. The second-order valence-electron chi connectivity index (χ2n) is 2.53. The molecule has 0 amide bonds. The highest BCUT2D eigenvalue weighted by molar-refractivity contribution is 7.86. The Bertz CT molecular complexity index is 530. The third-order valence-electron chi connectivity index (χ3n) is 1.55. The second-order valence-corrected chi connectivity index (χ2v) is 4.26. The summed E-state index contributed by atoms with van der Waals surface area (Å²) in [7, 11) is -5.13. The molecule has 0 fully saturated rings. The summed E-state index contributed by atoms with van der Waals surface area (Å²) in [6.45, 7) is 0. The van der Waals surface area contributed by atoms with Gasteiger partial charge in [-0.1, -0.05) is 11.6 Å². The van der Waals surface area contributed by atoms with Crippen LogP contribution in [0.25, 0.3) is 0 Å². The van der Waals surface area contributed by atoms with E-state index in [0.29, 0.717) is 6.07 Å². The van der Waals surface area contributed by atoms with Gasteiger partial charge in [0.1, 0.15) is 4.90 Å². The third-order valence-corrected chi connectivity index (χ3v) is 2.73. The summed E-state index contributed by atoms with van der Waals surface area (Å²) in [5.74, 6) is 0. The van der Waals surface area contributed by atoms with Gasteiger partial charge in [-0.05, 0) is 0 Å². The first-order valence-electron chi connectivity index (χ1n) is 3.41. The minimum absolute atomic E-state index is 0.388. The minimum atomic E-state index is -5.13. The van der Waals surface area contributed by atoms with Crippen LogP contribution in [0.1, 0.15) is 0 Å². The third kappa shape index (κ3) is 2.34. The fourth-order valence-electron chi connectivity index (χ4n) is 0.886. The number of non-ortho nitro benzene ring substituents is 1. The number of nitro groups is 1. The molecule has 2 N–H and O–H groups in total. The van der Waals surface area contributed by atoms with Crippen LogP contribution >= 0.6 is 11.6 Å². The number of benzene rings is 1. The molecule has 0 aliphatic carbocycles.